The van der Waals surface area contributed by atoms with Crippen LogP contribution in [0, 0.1) is 0 Å². The van der Waals surface area contributed by atoms with Crippen molar-refractivity contribution in [2.75, 3.05) is 31.0 Å². The van der Waals surface area contributed by atoms with E-state index in [1.165, 1.54) is 0 Å². The highest BCUT2D eigenvalue weighted by Crippen LogP contribution is 2.14. The molecular formula is C18H21N3O2. The van der Waals surface area contributed by atoms with E-state index in [9.17, 15) is 4.79 Å². The average molecular weight is 311 g/mol. The lowest BCUT2D eigenvalue weighted by Gasteiger charge is -2.13. The second-order valence-corrected chi connectivity index (χ2v) is 5.10. The fourth-order valence-corrected chi connectivity index (χ4v) is 1.98. The van der Waals surface area contributed by atoms with Gasteiger partial charge in [-0.2, -0.15) is 5.10 Å². The van der Waals surface area contributed by atoms with Crippen LogP contribution in [0.5, 0.6) is 0 Å². The van der Waals surface area contributed by atoms with Crippen molar-refractivity contribution in [1.29, 1.82) is 0 Å². The van der Waals surface area contributed by atoms with Gasteiger partial charge in [-0.05, 0) is 31.2 Å². The van der Waals surface area contributed by atoms with Crippen LogP contribution in [-0.4, -0.2) is 32.4 Å². The summed E-state index contributed by atoms with van der Waals surface area (Å²) in [7, 11) is 3.93. The van der Waals surface area contributed by atoms with E-state index >= 15 is 0 Å². The zero-order valence-electron chi connectivity index (χ0n) is 13.6. The molecule has 0 aliphatic rings. The van der Waals surface area contributed by atoms with Gasteiger partial charge in [-0.25, -0.2) is 4.79 Å². The topological polar surface area (TPSA) is 53.9 Å². The average Bonchev–Trinajstić information content (AvgIpc) is 2.56. The van der Waals surface area contributed by atoms with Crippen LogP contribution in [0.1, 0.15) is 12.5 Å². The number of anilines is 2. The molecule has 2 rings (SSSR count). The quantitative estimate of drug-likeness (QED) is 0.506. The molecule has 120 valence electrons. The number of carbonyl (C=O) groups excluding carboxylic acids is 1. The van der Waals surface area contributed by atoms with Crippen LogP contribution >= 0.6 is 0 Å². The zero-order valence-corrected chi connectivity index (χ0v) is 13.6. The fraction of sp³-hybridized carbons (Fsp3) is 0.222. The number of para-hydroxylation sites is 1. The molecule has 0 spiro atoms. The van der Waals surface area contributed by atoms with Gasteiger partial charge in [0.25, 0.3) is 0 Å². The Morgan fingerprint density at radius 1 is 1.09 bits per heavy atom. The maximum atomic E-state index is 12.2. The van der Waals surface area contributed by atoms with E-state index in [4.69, 9.17) is 4.74 Å². The van der Waals surface area contributed by atoms with Crippen LogP contribution in [-0.2, 0) is 9.53 Å². The Kier molecular flexibility index (Phi) is 5.74. The van der Waals surface area contributed by atoms with E-state index in [-0.39, 0.29) is 5.71 Å². The van der Waals surface area contributed by atoms with Gasteiger partial charge >= 0.3 is 5.97 Å². The summed E-state index contributed by atoms with van der Waals surface area (Å²) in [5.74, 6) is -0.450. The third kappa shape index (κ3) is 4.57. The van der Waals surface area contributed by atoms with Gasteiger partial charge in [-0.1, -0.05) is 30.3 Å². The minimum Gasteiger partial charge on any atom is -0.461 e. The molecule has 0 heterocycles. The van der Waals surface area contributed by atoms with Crippen molar-refractivity contribution >= 4 is 23.1 Å². The normalized spacial score (nSPS) is 11.0. The Morgan fingerprint density at radius 2 is 1.74 bits per heavy atom. The standard InChI is InChI=1S/C18H21N3O2/c1-4-23-18(22)17(20-19-15-8-6-5-7-9-15)14-10-12-16(13-11-14)21(2)3/h5-13,19H,4H2,1-3H3/b20-17+. The summed E-state index contributed by atoms with van der Waals surface area (Å²) in [6.45, 7) is 2.08. The third-order valence-electron chi connectivity index (χ3n) is 3.20. The molecule has 5 heteroatoms. The Labute approximate surface area is 136 Å². The van der Waals surface area contributed by atoms with Gasteiger partial charge in [0, 0.05) is 25.3 Å². The van der Waals surface area contributed by atoms with Crippen LogP contribution in [0.3, 0.4) is 0 Å². The van der Waals surface area contributed by atoms with Gasteiger partial charge in [0.2, 0.25) is 0 Å². The summed E-state index contributed by atoms with van der Waals surface area (Å²) >= 11 is 0. The molecule has 2 aromatic carbocycles. The number of benzene rings is 2. The van der Waals surface area contributed by atoms with E-state index in [0.717, 1.165) is 11.4 Å². The molecule has 0 bridgehead atoms. The molecule has 0 unspecified atom stereocenters. The van der Waals surface area contributed by atoms with Gasteiger partial charge in [-0.3, -0.25) is 5.43 Å². The fourth-order valence-electron chi connectivity index (χ4n) is 1.98. The van der Waals surface area contributed by atoms with Crippen molar-refractivity contribution in [1.82, 2.24) is 0 Å². The van der Waals surface area contributed by atoms with Gasteiger partial charge in [-0.15, -0.1) is 0 Å². The summed E-state index contributed by atoms with van der Waals surface area (Å²) in [5.41, 5.74) is 5.71. The lowest BCUT2D eigenvalue weighted by molar-refractivity contribution is -0.134. The van der Waals surface area contributed by atoms with Crippen molar-refractivity contribution in [3.8, 4) is 0 Å². The highest BCUT2D eigenvalue weighted by atomic mass is 16.5. The first-order valence-corrected chi connectivity index (χ1v) is 7.45. The number of nitrogens with one attached hydrogen (secondary N) is 1. The number of ether oxygens (including phenoxy) is 1. The lowest BCUT2D eigenvalue weighted by atomic mass is 10.1. The van der Waals surface area contributed by atoms with E-state index in [2.05, 4.69) is 10.5 Å². The smallest absolute Gasteiger partial charge is 0.359 e. The Hall–Kier alpha value is -2.82. The zero-order chi connectivity index (χ0) is 16.7. The highest BCUT2D eigenvalue weighted by molar-refractivity contribution is 6.43. The molecule has 0 amide bonds. The van der Waals surface area contributed by atoms with Crippen molar-refractivity contribution < 1.29 is 9.53 Å². The van der Waals surface area contributed by atoms with E-state index in [1.807, 2.05) is 73.6 Å². The van der Waals surface area contributed by atoms with E-state index in [0.29, 0.717) is 12.2 Å². The van der Waals surface area contributed by atoms with E-state index < -0.39 is 5.97 Å². The summed E-state index contributed by atoms with van der Waals surface area (Å²) in [5, 5.41) is 4.24. The molecule has 0 aromatic heterocycles. The molecule has 1 N–H and O–H groups in total. The van der Waals surface area contributed by atoms with Crippen molar-refractivity contribution in [3.05, 3.63) is 60.2 Å². The third-order valence-corrected chi connectivity index (χ3v) is 3.20. The van der Waals surface area contributed by atoms with Crippen LogP contribution in [0.15, 0.2) is 59.7 Å². The molecular weight excluding hydrogens is 290 g/mol. The van der Waals surface area contributed by atoms with Gasteiger partial charge < -0.3 is 9.64 Å². The van der Waals surface area contributed by atoms with Crippen LogP contribution < -0.4 is 10.3 Å². The predicted molar refractivity (Wildman–Crippen MR) is 94.0 cm³/mol. The van der Waals surface area contributed by atoms with Crippen molar-refractivity contribution in [2.45, 2.75) is 6.92 Å². The molecule has 0 radical (unpaired) electrons. The highest BCUT2D eigenvalue weighted by Gasteiger charge is 2.16. The number of hydrogen-bond donors (Lipinski definition) is 1. The SMILES string of the molecule is CCOC(=O)/C(=N/Nc1ccccc1)c1ccc(N(C)C)cc1. The van der Waals surface area contributed by atoms with Crippen LogP contribution in [0.4, 0.5) is 11.4 Å². The van der Waals surface area contributed by atoms with Crippen molar-refractivity contribution in [3.63, 3.8) is 0 Å². The van der Waals surface area contributed by atoms with E-state index in [1.54, 1.807) is 6.92 Å². The Morgan fingerprint density at radius 3 is 2.30 bits per heavy atom. The van der Waals surface area contributed by atoms with Gasteiger partial charge in [0.15, 0.2) is 5.71 Å². The second kappa shape index (κ2) is 7.98. The largest absolute Gasteiger partial charge is 0.461 e. The number of nitrogens with zero attached hydrogens (tertiary/aromatic N) is 2. The predicted octanol–water partition coefficient (Wildman–Crippen LogP) is 3.13. The number of esters is 1. The van der Waals surface area contributed by atoms with Gasteiger partial charge in [0.05, 0.1) is 12.3 Å². The molecule has 0 saturated carbocycles. The maximum absolute atomic E-state index is 12.2. The molecule has 5 nitrogen and oxygen atoms in total. The molecule has 0 saturated heterocycles. The number of carbonyl (C=O) groups is 1. The van der Waals surface area contributed by atoms with Crippen molar-refractivity contribution in [2.24, 2.45) is 5.10 Å². The number of hydrazone groups is 1. The minimum absolute atomic E-state index is 0.251. The summed E-state index contributed by atoms with van der Waals surface area (Å²) in [6.07, 6.45) is 0. The lowest BCUT2D eigenvalue weighted by Crippen LogP contribution is -2.20. The molecule has 0 aliphatic heterocycles. The Bertz CT molecular complexity index is 664. The monoisotopic (exact) mass is 311 g/mol. The first-order valence-electron chi connectivity index (χ1n) is 7.45. The molecule has 23 heavy (non-hydrogen) atoms. The Balaban J connectivity index is 2.28. The summed E-state index contributed by atoms with van der Waals surface area (Å²) < 4.78 is 5.10. The number of rotatable bonds is 6. The van der Waals surface area contributed by atoms with Crippen LogP contribution in [0.25, 0.3) is 0 Å². The second-order valence-electron chi connectivity index (χ2n) is 5.10. The molecule has 2 aromatic rings. The molecule has 0 aliphatic carbocycles. The first-order chi connectivity index (χ1) is 11.1. The minimum atomic E-state index is -0.450. The number of hydrogen-bond acceptors (Lipinski definition) is 5. The molecule has 0 fully saturated rings. The summed E-state index contributed by atoms with van der Waals surface area (Å²) in [4.78, 5) is 14.2. The maximum Gasteiger partial charge on any atom is 0.359 e. The molecule has 0 atom stereocenters. The first kappa shape index (κ1) is 16.5. The van der Waals surface area contributed by atoms with Crippen LogP contribution in [0.2, 0.25) is 0 Å². The van der Waals surface area contributed by atoms with Gasteiger partial charge in [0.1, 0.15) is 0 Å². The summed E-state index contributed by atoms with van der Waals surface area (Å²) in [6, 6.07) is 17.1.